The van der Waals surface area contributed by atoms with E-state index in [1.807, 2.05) is 0 Å². The number of hydrogen-bond acceptors (Lipinski definition) is 4. The Bertz CT molecular complexity index is 308. The second kappa shape index (κ2) is 6.48. The van der Waals surface area contributed by atoms with Gasteiger partial charge in [-0.1, -0.05) is 12.2 Å². The molecule has 0 aromatic carbocycles. The van der Waals surface area contributed by atoms with E-state index in [0.29, 0.717) is 11.1 Å². The number of ether oxygens (including phenoxy) is 1. The molecule has 2 aliphatic heterocycles. The highest BCUT2D eigenvalue weighted by molar-refractivity contribution is 7.80. The number of piperazine rings is 1. The molecule has 2 saturated heterocycles. The van der Waals surface area contributed by atoms with Crippen molar-refractivity contribution >= 4 is 17.2 Å². The predicted octanol–water partition coefficient (Wildman–Crippen LogP) is 1.24. The van der Waals surface area contributed by atoms with Crippen LogP contribution >= 0.6 is 12.2 Å². The van der Waals surface area contributed by atoms with Gasteiger partial charge in [0.2, 0.25) is 0 Å². The highest BCUT2D eigenvalue weighted by atomic mass is 32.1. The fourth-order valence-electron chi connectivity index (χ4n) is 2.88. The summed E-state index contributed by atoms with van der Waals surface area (Å²) in [4.78, 5) is 5.53. The minimum absolute atomic E-state index is 0.157. The molecule has 0 radical (unpaired) electrons. The first-order valence-corrected chi connectivity index (χ1v) is 7.80. The summed E-state index contributed by atoms with van der Waals surface area (Å²) < 4.78 is 5.68. The van der Waals surface area contributed by atoms with Crippen molar-refractivity contribution in [2.45, 2.75) is 44.8 Å². The van der Waals surface area contributed by atoms with Crippen molar-refractivity contribution in [2.24, 2.45) is 5.73 Å². The average molecular weight is 285 g/mol. The second-order valence-corrected chi connectivity index (χ2v) is 6.62. The molecule has 5 heteroatoms. The Morgan fingerprint density at radius 3 is 2.53 bits per heavy atom. The molecule has 1 unspecified atom stereocenters. The van der Waals surface area contributed by atoms with E-state index in [-0.39, 0.29) is 5.54 Å². The van der Waals surface area contributed by atoms with Gasteiger partial charge in [-0.3, -0.25) is 4.90 Å². The van der Waals surface area contributed by atoms with Crippen LogP contribution in [-0.4, -0.2) is 65.8 Å². The van der Waals surface area contributed by atoms with E-state index in [9.17, 15) is 0 Å². The van der Waals surface area contributed by atoms with Crippen LogP contribution in [0.1, 0.15) is 33.1 Å². The molecule has 2 fully saturated rings. The summed E-state index contributed by atoms with van der Waals surface area (Å²) in [5, 5.41) is 0. The lowest BCUT2D eigenvalue weighted by molar-refractivity contribution is 0.0615. The van der Waals surface area contributed by atoms with Gasteiger partial charge in [0, 0.05) is 39.3 Å². The van der Waals surface area contributed by atoms with Crippen LogP contribution in [0.2, 0.25) is 0 Å². The van der Waals surface area contributed by atoms with Crippen molar-refractivity contribution in [1.82, 2.24) is 9.80 Å². The summed E-state index contributed by atoms with van der Waals surface area (Å²) in [7, 11) is 0. The SMILES string of the molecule is CC(C)(C(N)=S)N1CCN(CCC2CCCO2)CC1. The van der Waals surface area contributed by atoms with Gasteiger partial charge in [-0.2, -0.15) is 0 Å². The van der Waals surface area contributed by atoms with Crippen LogP contribution < -0.4 is 5.73 Å². The number of thiocarbonyl (C=S) groups is 1. The Balaban J connectivity index is 1.71. The summed E-state index contributed by atoms with van der Waals surface area (Å²) in [6.45, 7) is 10.7. The summed E-state index contributed by atoms with van der Waals surface area (Å²) in [5.74, 6) is 0. The third-order valence-corrected chi connectivity index (χ3v) is 5.06. The summed E-state index contributed by atoms with van der Waals surface area (Å²) in [6, 6.07) is 0. The zero-order valence-electron chi connectivity index (χ0n) is 12.2. The predicted molar refractivity (Wildman–Crippen MR) is 82.5 cm³/mol. The van der Waals surface area contributed by atoms with Crippen LogP contribution in [0.4, 0.5) is 0 Å². The third kappa shape index (κ3) is 3.88. The maximum Gasteiger partial charge on any atom is 0.0928 e. The summed E-state index contributed by atoms with van der Waals surface area (Å²) in [5.41, 5.74) is 5.68. The van der Waals surface area contributed by atoms with Crippen LogP contribution in [0.3, 0.4) is 0 Å². The molecular formula is C14H27N3OS. The Morgan fingerprint density at radius 2 is 2.00 bits per heavy atom. The molecule has 2 rings (SSSR count). The molecule has 0 spiro atoms. The van der Waals surface area contributed by atoms with E-state index in [4.69, 9.17) is 22.7 Å². The lowest BCUT2D eigenvalue weighted by atomic mass is 10.0. The van der Waals surface area contributed by atoms with Gasteiger partial charge in [0.25, 0.3) is 0 Å². The van der Waals surface area contributed by atoms with Crippen molar-refractivity contribution in [2.75, 3.05) is 39.3 Å². The first kappa shape index (κ1) is 15.2. The van der Waals surface area contributed by atoms with Crippen LogP contribution in [0.25, 0.3) is 0 Å². The lowest BCUT2D eigenvalue weighted by Crippen LogP contribution is -2.59. The van der Waals surface area contributed by atoms with Gasteiger partial charge in [-0.15, -0.1) is 0 Å². The second-order valence-electron chi connectivity index (χ2n) is 6.18. The smallest absolute Gasteiger partial charge is 0.0928 e. The minimum atomic E-state index is -0.157. The standard InChI is InChI=1S/C14H27N3OS/c1-14(2,13(15)19)17-9-7-16(8-10-17)6-5-12-4-3-11-18-12/h12H,3-11H2,1-2H3,(H2,15,19). The molecule has 110 valence electrons. The van der Waals surface area contributed by atoms with E-state index >= 15 is 0 Å². The topological polar surface area (TPSA) is 41.7 Å². The Kier molecular flexibility index (Phi) is 5.17. The van der Waals surface area contributed by atoms with Gasteiger partial charge in [-0.25, -0.2) is 0 Å². The molecular weight excluding hydrogens is 258 g/mol. The zero-order valence-corrected chi connectivity index (χ0v) is 13.0. The monoisotopic (exact) mass is 285 g/mol. The van der Waals surface area contributed by atoms with Crippen LogP contribution in [0.15, 0.2) is 0 Å². The molecule has 19 heavy (non-hydrogen) atoms. The zero-order chi connectivity index (χ0) is 13.9. The molecule has 0 aromatic heterocycles. The van der Waals surface area contributed by atoms with Gasteiger partial charge in [-0.05, 0) is 33.1 Å². The van der Waals surface area contributed by atoms with Gasteiger partial charge in [0.15, 0.2) is 0 Å². The third-order valence-electron chi connectivity index (χ3n) is 4.56. The first-order chi connectivity index (χ1) is 9.00. The number of nitrogens with two attached hydrogens (primary N) is 1. The van der Waals surface area contributed by atoms with Crippen LogP contribution in [0, 0.1) is 0 Å². The maximum atomic E-state index is 5.84. The maximum absolute atomic E-state index is 5.84. The summed E-state index contributed by atoms with van der Waals surface area (Å²) >= 11 is 5.17. The van der Waals surface area contributed by atoms with Gasteiger partial charge in [0.1, 0.15) is 0 Å². The fourth-order valence-corrected chi connectivity index (χ4v) is 3.01. The van der Waals surface area contributed by atoms with E-state index in [1.54, 1.807) is 0 Å². The molecule has 0 bridgehead atoms. The number of nitrogens with zero attached hydrogens (tertiary/aromatic N) is 2. The first-order valence-electron chi connectivity index (χ1n) is 7.39. The van der Waals surface area contributed by atoms with Crippen molar-refractivity contribution in [3.63, 3.8) is 0 Å². The van der Waals surface area contributed by atoms with Crippen molar-refractivity contribution in [3.8, 4) is 0 Å². The highest BCUT2D eigenvalue weighted by Crippen LogP contribution is 2.19. The van der Waals surface area contributed by atoms with E-state index in [1.165, 1.54) is 19.3 Å². The van der Waals surface area contributed by atoms with E-state index in [2.05, 4.69) is 23.6 Å². The molecule has 2 N–H and O–H groups in total. The van der Waals surface area contributed by atoms with Crippen molar-refractivity contribution < 1.29 is 4.74 Å². The Labute approximate surface area is 122 Å². The fraction of sp³-hybridized carbons (Fsp3) is 0.929. The van der Waals surface area contributed by atoms with E-state index < -0.39 is 0 Å². The molecule has 2 heterocycles. The average Bonchev–Trinajstić information content (AvgIpc) is 2.90. The number of rotatable bonds is 5. The molecule has 1 atom stereocenters. The van der Waals surface area contributed by atoms with Crippen LogP contribution in [-0.2, 0) is 4.74 Å². The minimum Gasteiger partial charge on any atom is -0.392 e. The molecule has 0 saturated carbocycles. The summed E-state index contributed by atoms with van der Waals surface area (Å²) in [6.07, 6.45) is 4.17. The van der Waals surface area contributed by atoms with Gasteiger partial charge >= 0.3 is 0 Å². The quantitative estimate of drug-likeness (QED) is 0.770. The molecule has 2 aliphatic rings. The van der Waals surface area contributed by atoms with E-state index in [0.717, 1.165) is 39.3 Å². The van der Waals surface area contributed by atoms with Crippen molar-refractivity contribution in [3.05, 3.63) is 0 Å². The van der Waals surface area contributed by atoms with Crippen LogP contribution in [0.5, 0.6) is 0 Å². The molecule has 0 amide bonds. The molecule has 0 aliphatic carbocycles. The lowest BCUT2D eigenvalue weighted by Gasteiger charge is -2.43. The van der Waals surface area contributed by atoms with Gasteiger partial charge < -0.3 is 15.4 Å². The largest absolute Gasteiger partial charge is 0.392 e. The van der Waals surface area contributed by atoms with Crippen molar-refractivity contribution in [1.29, 1.82) is 0 Å². The Hall–Kier alpha value is -0.230. The van der Waals surface area contributed by atoms with Gasteiger partial charge in [0.05, 0.1) is 16.6 Å². The molecule has 0 aromatic rings. The normalized spacial score (nSPS) is 26.7. The Morgan fingerprint density at radius 1 is 1.32 bits per heavy atom. The number of hydrogen-bond donors (Lipinski definition) is 1. The highest BCUT2D eigenvalue weighted by Gasteiger charge is 2.32. The molecule has 4 nitrogen and oxygen atoms in total.